The Bertz CT molecular complexity index is 584. The zero-order valence-electron chi connectivity index (χ0n) is 15.9. The van der Waals surface area contributed by atoms with Crippen molar-refractivity contribution in [2.24, 2.45) is 5.92 Å². The van der Waals surface area contributed by atoms with Gasteiger partial charge in [0.1, 0.15) is 5.82 Å². The Morgan fingerprint density at radius 2 is 1.85 bits per heavy atom. The first-order chi connectivity index (χ1) is 12.5. The predicted molar refractivity (Wildman–Crippen MR) is 103 cm³/mol. The molecular weight excluding hydrogens is 331 g/mol. The minimum Gasteiger partial charge on any atom is -0.371 e. The Balaban J connectivity index is 1.36. The summed E-state index contributed by atoms with van der Waals surface area (Å²) in [5.74, 6) is 0.232. The van der Waals surface area contributed by atoms with Gasteiger partial charge in [0, 0.05) is 50.5 Å². The van der Waals surface area contributed by atoms with Crippen LogP contribution >= 0.6 is 0 Å². The summed E-state index contributed by atoms with van der Waals surface area (Å²) < 4.78 is 13.0. The minimum atomic E-state index is -0.206. The van der Waals surface area contributed by atoms with Gasteiger partial charge in [0.2, 0.25) is 0 Å². The van der Waals surface area contributed by atoms with Gasteiger partial charge >= 0.3 is 6.03 Å². The van der Waals surface area contributed by atoms with E-state index in [-0.39, 0.29) is 17.9 Å². The van der Waals surface area contributed by atoms with Gasteiger partial charge in [0.05, 0.1) is 0 Å². The maximum atomic E-state index is 13.0. The second-order valence-corrected chi connectivity index (χ2v) is 7.84. The van der Waals surface area contributed by atoms with Crippen LogP contribution < -0.4 is 15.5 Å². The highest BCUT2D eigenvalue weighted by Gasteiger charge is 2.25. The second kappa shape index (κ2) is 8.71. The van der Waals surface area contributed by atoms with Crippen LogP contribution in [0.2, 0.25) is 0 Å². The summed E-state index contributed by atoms with van der Waals surface area (Å²) in [5, 5.41) is 6.16. The molecule has 1 aromatic rings. The van der Waals surface area contributed by atoms with Gasteiger partial charge in [0.15, 0.2) is 0 Å². The smallest absolute Gasteiger partial charge is 0.315 e. The molecule has 1 aromatic carbocycles. The number of carbonyl (C=O) groups excluding carboxylic acids is 1. The van der Waals surface area contributed by atoms with Gasteiger partial charge < -0.3 is 20.4 Å². The molecule has 3 rings (SSSR count). The molecule has 2 aliphatic rings. The fraction of sp³-hybridized carbons (Fsp3) is 0.650. The van der Waals surface area contributed by atoms with Gasteiger partial charge in [-0.2, -0.15) is 0 Å². The van der Waals surface area contributed by atoms with Crippen LogP contribution in [0.4, 0.5) is 14.9 Å². The van der Waals surface area contributed by atoms with Crippen molar-refractivity contribution in [3.05, 3.63) is 30.1 Å². The summed E-state index contributed by atoms with van der Waals surface area (Å²) in [5.41, 5.74) is 1.05. The Morgan fingerprint density at radius 3 is 2.50 bits per heavy atom. The maximum Gasteiger partial charge on any atom is 0.315 e. The molecule has 0 aliphatic carbocycles. The van der Waals surface area contributed by atoms with E-state index < -0.39 is 0 Å². The van der Waals surface area contributed by atoms with Crippen molar-refractivity contribution in [1.82, 2.24) is 15.5 Å². The molecule has 26 heavy (non-hydrogen) atoms. The number of nitrogens with one attached hydrogen (secondary N) is 2. The Kier molecular flexibility index (Phi) is 6.35. The van der Waals surface area contributed by atoms with E-state index in [4.69, 9.17) is 0 Å². The van der Waals surface area contributed by atoms with Crippen LogP contribution in [-0.2, 0) is 0 Å². The predicted octanol–water partition coefficient (Wildman–Crippen LogP) is 2.82. The van der Waals surface area contributed by atoms with Crippen LogP contribution in [0.15, 0.2) is 24.3 Å². The Labute approximate surface area is 155 Å². The molecule has 2 aliphatic heterocycles. The lowest BCUT2D eigenvalue weighted by molar-refractivity contribution is 0.161. The van der Waals surface area contributed by atoms with E-state index in [1.807, 2.05) is 12.1 Å². The molecule has 2 amide bonds. The van der Waals surface area contributed by atoms with Crippen molar-refractivity contribution in [1.29, 1.82) is 0 Å². The van der Waals surface area contributed by atoms with E-state index in [9.17, 15) is 9.18 Å². The number of piperidine rings is 1. The summed E-state index contributed by atoms with van der Waals surface area (Å²) in [6, 6.07) is 7.45. The number of carbonyl (C=O) groups is 1. The van der Waals surface area contributed by atoms with Crippen molar-refractivity contribution in [2.75, 3.05) is 37.6 Å². The summed E-state index contributed by atoms with van der Waals surface area (Å²) in [6.45, 7) is 9.09. The molecule has 0 radical (unpaired) electrons. The lowest BCUT2D eigenvalue weighted by atomic mass is 10.0. The second-order valence-electron chi connectivity index (χ2n) is 7.84. The summed E-state index contributed by atoms with van der Waals surface area (Å²) in [7, 11) is 0. The van der Waals surface area contributed by atoms with Crippen LogP contribution in [0.1, 0.15) is 33.1 Å². The molecule has 2 N–H and O–H groups in total. The molecule has 144 valence electrons. The fourth-order valence-corrected chi connectivity index (χ4v) is 3.92. The molecule has 2 saturated heterocycles. The number of urea groups is 1. The molecule has 0 bridgehead atoms. The normalized spacial score (nSPS) is 22.0. The van der Waals surface area contributed by atoms with Gasteiger partial charge in [-0.05, 0) is 63.3 Å². The standard InChI is InChI=1S/C20H31FN4O/c1-15(2)24-11-8-18(9-12-24)23-20(26)22-13-16-7-10-25(14-16)19-5-3-17(21)4-6-19/h3-6,15-16,18H,7-14H2,1-2H3,(H2,22,23,26)/t16-/m0/s1. The summed E-state index contributed by atoms with van der Waals surface area (Å²) in [4.78, 5) is 16.9. The number of likely N-dealkylation sites (tertiary alicyclic amines) is 1. The van der Waals surface area contributed by atoms with Crippen LogP contribution in [0, 0.1) is 11.7 Å². The summed E-state index contributed by atoms with van der Waals surface area (Å²) >= 11 is 0. The molecule has 0 saturated carbocycles. The highest BCUT2D eigenvalue weighted by atomic mass is 19.1. The topological polar surface area (TPSA) is 47.6 Å². The quantitative estimate of drug-likeness (QED) is 0.847. The lowest BCUT2D eigenvalue weighted by Crippen LogP contribution is -2.49. The van der Waals surface area contributed by atoms with Crippen LogP contribution in [0.25, 0.3) is 0 Å². The zero-order valence-corrected chi connectivity index (χ0v) is 15.9. The molecule has 2 heterocycles. The number of halogens is 1. The Morgan fingerprint density at radius 1 is 1.15 bits per heavy atom. The van der Waals surface area contributed by atoms with E-state index >= 15 is 0 Å². The third kappa shape index (κ3) is 5.10. The number of nitrogens with zero attached hydrogens (tertiary/aromatic N) is 2. The van der Waals surface area contributed by atoms with E-state index in [0.717, 1.165) is 51.1 Å². The Hall–Kier alpha value is -1.82. The first kappa shape index (κ1) is 19.0. The molecule has 2 fully saturated rings. The minimum absolute atomic E-state index is 0.0479. The van der Waals surface area contributed by atoms with Gasteiger partial charge in [-0.1, -0.05) is 0 Å². The van der Waals surface area contributed by atoms with Crippen LogP contribution in [0.5, 0.6) is 0 Å². The van der Waals surface area contributed by atoms with Crippen LogP contribution in [0.3, 0.4) is 0 Å². The van der Waals surface area contributed by atoms with Gasteiger partial charge in [-0.15, -0.1) is 0 Å². The molecule has 1 atom stereocenters. The number of amides is 2. The van der Waals surface area contributed by atoms with Crippen molar-refractivity contribution in [2.45, 2.75) is 45.2 Å². The third-order valence-electron chi connectivity index (χ3n) is 5.62. The highest BCUT2D eigenvalue weighted by Crippen LogP contribution is 2.23. The van der Waals surface area contributed by atoms with E-state index in [2.05, 4.69) is 34.3 Å². The number of benzene rings is 1. The summed E-state index contributed by atoms with van der Waals surface area (Å²) in [6.07, 6.45) is 3.09. The van der Waals surface area contributed by atoms with E-state index in [0.29, 0.717) is 18.5 Å². The third-order valence-corrected chi connectivity index (χ3v) is 5.62. The zero-order chi connectivity index (χ0) is 18.5. The molecular formula is C20H31FN4O. The number of rotatable bonds is 5. The molecule has 0 spiro atoms. The number of hydrogen-bond acceptors (Lipinski definition) is 3. The van der Waals surface area contributed by atoms with Gasteiger partial charge in [-0.3, -0.25) is 0 Å². The van der Waals surface area contributed by atoms with E-state index in [1.165, 1.54) is 12.1 Å². The average molecular weight is 362 g/mol. The molecule has 5 nitrogen and oxygen atoms in total. The van der Waals surface area contributed by atoms with Crippen molar-refractivity contribution >= 4 is 11.7 Å². The number of anilines is 1. The lowest BCUT2D eigenvalue weighted by Gasteiger charge is -2.34. The van der Waals surface area contributed by atoms with Gasteiger partial charge in [0.25, 0.3) is 0 Å². The average Bonchev–Trinajstić information content (AvgIpc) is 3.10. The monoisotopic (exact) mass is 362 g/mol. The van der Waals surface area contributed by atoms with Gasteiger partial charge in [-0.25, -0.2) is 9.18 Å². The van der Waals surface area contributed by atoms with Crippen molar-refractivity contribution in [3.8, 4) is 0 Å². The van der Waals surface area contributed by atoms with Crippen LogP contribution in [-0.4, -0.2) is 55.7 Å². The van der Waals surface area contributed by atoms with E-state index in [1.54, 1.807) is 0 Å². The fourth-order valence-electron chi connectivity index (χ4n) is 3.92. The highest BCUT2D eigenvalue weighted by molar-refractivity contribution is 5.74. The first-order valence-corrected chi connectivity index (χ1v) is 9.80. The molecule has 0 unspecified atom stereocenters. The van der Waals surface area contributed by atoms with Crippen molar-refractivity contribution in [3.63, 3.8) is 0 Å². The number of hydrogen-bond donors (Lipinski definition) is 2. The largest absolute Gasteiger partial charge is 0.371 e. The molecule has 0 aromatic heterocycles. The maximum absolute atomic E-state index is 13.0. The molecule has 6 heteroatoms. The first-order valence-electron chi connectivity index (χ1n) is 9.80. The van der Waals surface area contributed by atoms with Crippen molar-refractivity contribution < 1.29 is 9.18 Å². The SMILES string of the molecule is CC(C)N1CCC(NC(=O)NC[C@@H]2CCN(c3ccc(F)cc3)C2)CC1.